The van der Waals surface area contributed by atoms with Gasteiger partial charge in [-0.3, -0.25) is 4.79 Å². The number of hydrogen-bond donors (Lipinski definition) is 2. The van der Waals surface area contributed by atoms with Gasteiger partial charge in [0.05, 0.1) is 5.56 Å². The minimum atomic E-state index is -0.265. The molecule has 2 N–H and O–H groups in total. The first-order valence-electron chi connectivity index (χ1n) is 6.25. The van der Waals surface area contributed by atoms with Crippen molar-refractivity contribution in [3.8, 4) is 17.1 Å². The summed E-state index contributed by atoms with van der Waals surface area (Å²) in [6.45, 7) is 2.67. The van der Waals surface area contributed by atoms with Gasteiger partial charge in [-0.2, -0.15) is 0 Å². The SMILES string of the molecule is CCCCNC(=O)c1cc(-c2ccccc2O)on1. The summed E-state index contributed by atoms with van der Waals surface area (Å²) < 4.78 is 5.09. The fourth-order valence-corrected chi connectivity index (χ4v) is 1.66. The topological polar surface area (TPSA) is 75.4 Å². The Morgan fingerprint density at radius 3 is 2.95 bits per heavy atom. The van der Waals surface area contributed by atoms with Crippen molar-refractivity contribution in [1.29, 1.82) is 0 Å². The maximum Gasteiger partial charge on any atom is 0.273 e. The number of carbonyl (C=O) groups is 1. The number of carbonyl (C=O) groups excluding carboxylic acids is 1. The summed E-state index contributed by atoms with van der Waals surface area (Å²) in [7, 11) is 0. The fourth-order valence-electron chi connectivity index (χ4n) is 1.66. The second-order valence-electron chi connectivity index (χ2n) is 4.20. The molecular formula is C14H16N2O3. The normalized spacial score (nSPS) is 10.4. The van der Waals surface area contributed by atoms with Gasteiger partial charge in [0, 0.05) is 12.6 Å². The van der Waals surface area contributed by atoms with E-state index in [0.717, 1.165) is 12.8 Å². The molecule has 1 aromatic heterocycles. The van der Waals surface area contributed by atoms with Gasteiger partial charge in [-0.05, 0) is 18.6 Å². The number of rotatable bonds is 5. The van der Waals surface area contributed by atoms with E-state index >= 15 is 0 Å². The number of nitrogens with one attached hydrogen (secondary N) is 1. The van der Waals surface area contributed by atoms with E-state index in [2.05, 4.69) is 17.4 Å². The Bertz CT molecular complexity index is 563. The minimum absolute atomic E-state index is 0.0941. The van der Waals surface area contributed by atoms with Crippen LogP contribution in [0.15, 0.2) is 34.9 Å². The Balaban J connectivity index is 2.11. The summed E-state index contributed by atoms with van der Waals surface area (Å²) in [6.07, 6.45) is 1.94. The lowest BCUT2D eigenvalue weighted by Gasteiger charge is -1.99. The van der Waals surface area contributed by atoms with Crippen LogP contribution in [0.2, 0.25) is 0 Å². The molecular weight excluding hydrogens is 244 g/mol. The van der Waals surface area contributed by atoms with E-state index in [-0.39, 0.29) is 17.4 Å². The van der Waals surface area contributed by atoms with Crippen LogP contribution in [0, 0.1) is 0 Å². The predicted molar refractivity (Wildman–Crippen MR) is 70.8 cm³/mol. The molecule has 0 aliphatic heterocycles. The molecule has 2 rings (SSSR count). The predicted octanol–water partition coefficient (Wildman–Crippen LogP) is 2.58. The second kappa shape index (κ2) is 6.04. The van der Waals surface area contributed by atoms with Crippen LogP contribution in [0.4, 0.5) is 0 Å². The van der Waals surface area contributed by atoms with Crippen LogP contribution in [0.3, 0.4) is 0 Å². The quantitative estimate of drug-likeness (QED) is 0.810. The molecule has 2 aromatic rings. The number of phenolic OH excluding ortho intramolecular Hbond substituents is 1. The van der Waals surface area contributed by atoms with E-state index in [0.29, 0.717) is 17.9 Å². The molecule has 0 saturated carbocycles. The van der Waals surface area contributed by atoms with Crippen LogP contribution in [-0.2, 0) is 0 Å². The van der Waals surface area contributed by atoms with Crippen molar-refractivity contribution in [1.82, 2.24) is 10.5 Å². The summed E-state index contributed by atoms with van der Waals surface area (Å²) >= 11 is 0. The molecule has 0 saturated heterocycles. The number of amides is 1. The molecule has 0 aliphatic carbocycles. The molecule has 100 valence electrons. The Hall–Kier alpha value is -2.30. The number of phenols is 1. The number of hydrogen-bond acceptors (Lipinski definition) is 4. The Morgan fingerprint density at radius 2 is 2.21 bits per heavy atom. The zero-order valence-corrected chi connectivity index (χ0v) is 10.7. The maximum absolute atomic E-state index is 11.8. The number of aromatic nitrogens is 1. The molecule has 0 radical (unpaired) electrons. The van der Waals surface area contributed by atoms with E-state index in [4.69, 9.17) is 4.52 Å². The third-order valence-electron chi connectivity index (χ3n) is 2.73. The van der Waals surface area contributed by atoms with Crippen molar-refractivity contribution >= 4 is 5.91 Å². The molecule has 0 unspecified atom stereocenters. The summed E-state index contributed by atoms with van der Waals surface area (Å²) in [5.41, 5.74) is 0.733. The maximum atomic E-state index is 11.8. The van der Waals surface area contributed by atoms with Gasteiger partial charge in [-0.1, -0.05) is 30.6 Å². The van der Waals surface area contributed by atoms with Crippen molar-refractivity contribution in [2.75, 3.05) is 6.54 Å². The molecule has 0 spiro atoms. The first kappa shape index (κ1) is 13.1. The highest BCUT2D eigenvalue weighted by molar-refractivity contribution is 5.93. The molecule has 19 heavy (non-hydrogen) atoms. The lowest BCUT2D eigenvalue weighted by atomic mass is 10.1. The van der Waals surface area contributed by atoms with Crippen LogP contribution in [0.1, 0.15) is 30.3 Å². The average molecular weight is 260 g/mol. The van der Waals surface area contributed by atoms with E-state index in [1.54, 1.807) is 24.3 Å². The van der Waals surface area contributed by atoms with Gasteiger partial charge in [0.1, 0.15) is 5.75 Å². The van der Waals surface area contributed by atoms with Gasteiger partial charge in [0.25, 0.3) is 5.91 Å². The highest BCUT2D eigenvalue weighted by Crippen LogP contribution is 2.28. The molecule has 1 heterocycles. The van der Waals surface area contributed by atoms with Crippen molar-refractivity contribution < 1.29 is 14.4 Å². The standard InChI is InChI=1S/C14H16N2O3/c1-2-3-8-15-14(18)11-9-13(19-16-11)10-6-4-5-7-12(10)17/h4-7,9,17H,2-3,8H2,1H3,(H,15,18). The molecule has 0 bridgehead atoms. The van der Waals surface area contributed by atoms with Gasteiger partial charge in [-0.15, -0.1) is 0 Å². The minimum Gasteiger partial charge on any atom is -0.507 e. The van der Waals surface area contributed by atoms with Gasteiger partial charge in [0.2, 0.25) is 0 Å². The van der Waals surface area contributed by atoms with Crippen molar-refractivity contribution in [3.05, 3.63) is 36.0 Å². The fraction of sp³-hybridized carbons (Fsp3) is 0.286. The van der Waals surface area contributed by atoms with Crippen LogP contribution in [0.5, 0.6) is 5.75 Å². The summed E-state index contributed by atoms with van der Waals surface area (Å²) in [4.78, 5) is 11.8. The summed E-state index contributed by atoms with van der Waals surface area (Å²) in [6, 6.07) is 8.27. The van der Waals surface area contributed by atoms with Crippen LogP contribution in [0.25, 0.3) is 11.3 Å². The zero-order chi connectivity index (χ0) is 13.7. The largest absolute Gasteiger partial charge is 0.507 e. The molecule has 0 fully saturated rings. The van der Waals surface area contributed by atoms with E-state index in [1.165, 1.54) is 6.07 Å². The van der Waals surface area contributed by atoms with E-state index in [9.17, 15) is 9.90 Å². The van der Waals surface area contributed by atoms with Gasteiger partial charge in [0.15, 0.2) is 11.5 Å². The first-order valence-corrected chi connectivity index (χ1v) is 6.25. The van der Waals surface area contributed by atoms with Gasteiger partial charge >= 0.3 is 0 Å². The molecule has 1 amide bonds. The highest BCUT2D eigenvalue weighted by Gasteiger charge is 2.14. The molecule has 5 heteroatoms. The second-order valence-corrected chi connectivity index (χ2v) is 4.20. The smallest absolute Gasteiger partial charge is 0.273 e. The number of aromatic hydroxyl groups is 1. The van der Waals surface area contributed by atoms with Crippen molar-refractivity contribution in [2.45, 2.75) is 19.8 Å². The Morgan fingerprint density at radius 1 is 1.42 bits per heavy atom. The lowest BCUT2D eigenvalue weighted by molar-refractivity contribution is 0.0944. The number of benzene rings is 1. The Labute approximate surface area is 111 Å². The number of para-hydroxylation sites is 1. The third-order valence-corrected chi connectivity index (χ3v) is 2.73. The Kier molecular flexibility index (Phi) is 4.18. The molecule has 5 nitrogen and oxygen atoms in total. The van der Waals surface area contributed by atoms with E-state index in [1.807, 2.05) is 0 Å². The number of unbranched alkanes of at least 4 members (excludes halogenated alkanes) is 1. The monoisotopic (exact) mass is 260 g/mol. The number of nitrogens with zero attached hydrogens (tertiary/aromatic N) is 1. The highest BCUT2D eigenvalue weighted by atomic mass is 16.5. The van der Waals surface area contributed by atoms with Crippen LogP contribution in [-0.4, -0.2) is 22.7 Å². The molecule has 1 aromatic carbocycles. The van der Waals surface area contributed by atoms with E-state index < -0.39 is 0 Å². The summed E-state index contributed by atoms with van der Waals surface area (Å²) in [5, 5.41) is 16.2. The first-order chi connectivity index (χ1) is 9.22. The van der Waals surface area contributed by atoms with Crippen LogP contribution >= 0.6 is 0 Å². The summed E-state index contributed by atoms with van der Waals surface area (Å²) in [5.74, 6) is 0.203. The van der Waals surface area contributed by atoms with Crippen LogP contribution < -0.4 is 5.32 Å². The van der Waals surface area contributed by atoms with Crippen molar-refractivity contribution in [2.24, 2.45) is 0 Å². The van der Waals surface area contributed by atoms with Gasteiger partial charge in [-0.25, -0.2) is 0 Å². The van der Waals surface area contributed by atoms with Crippen molar-refractivity contribution in [3.63, 3.8) is 0 Å². The third kappa shape index (κ3) is 3.13. The lowest BCUT2D eigenvalue weighted by Crippen LogP contribution is -2.24. The molecule has 0 atom stereocenters. The molecule has 0 aliphatic rings. The van der Waals surface area contributed by atoms with Gasteiger partial charge < -0.3 is 14.9 Å². The zero-order valence-electron chi connectivity index (χ0n) is 10.7. The average Bonchev–Trinajstić information content (AvgIpc) is 2.89.